The second kappa shape index (κ2) is 7.52. The number of furan rings is 1. The highest BCUT2D eigenvalue weighted by Gasteiger charge is 2.47. The number of nitriles is 1. The van der Waals surface area contributed by atoms with Crippen LogP contribution in [-0.4, -0.2) is 23.9 Å². The molecule has 8 nitrogen and oxygen atoms in total. The summed E-state index contributed by atoms with van der Waals surface area (Å²) in [4.78, 5) is 16.5. The third-order valence-corrected chi connectivity index (χ3v) is 4.42. The van der Waals surface area contributed by atoms with Crippen molar-refractivity contribution in [2.45, 2.75) is 13.5 Å². The van der Waals surface area contributed by atoms with Crippen LogP contribution in [0.3, 0.4) is 0 Å². The van der Waals surface area contributed by atoms with E-state index < -0.39 is 5.97 Å². The summed E-state index contributed by atoms with van der Waals surface area (Å²) in [7, 11) is 0. The Morgan fingerprint density at radius 1 is 1.32 bits per heavy atom. The number of esters is 1. The third-order valence-electron chi connectivity index (χ3n) is 4.42. The van der Waals surface area contributed by atoms with Crippen LogP contribution in [0.5, 0.6) is 0 Å². The quantitative estimate of drug-likeness (QED) is 0.487. The summed E-state index contributed by atoms with van der Waals surface area (Å²) < 4.78 is 10.1. The molecule has 3 heterocycles. The van der Waals surface area contributed by atoms with Crippen molar-refractivity contribution in [1.82, 2.24) is 4.48 Å². The highest BCUT2D eigenvalue weighted by Crippen LogP contribution is 2.43. The maximum Gasteiger partial charge on any atom is 0.362 e. The predicted molar refractivity (Wildman–Crippen MR) is 105 cm³/mol. The van der Waals surface area contributed by atoms with Gasteiger partial charge in [0.2, 0.25) is 5.70 Å². The summed E-state index contributed by atoms with van der Waals surface area (Å²) in [5.41, 5.74) is 2.49. The molecular formula is C20H19N4O4+. The van der Waals surface area contributed by atoms with Crippen LogP contribution in [0.2, 0.25) is 0 Å². The average Bonchev–Trinajstić information content (AvgIpc) is 3.34. The Hall–Kier alpha value is -3.67. The summed E-state index contributed by atoms with van der Waals surface area (Å²) in [6.07, 6.45) is 9.10. The Morgan fingerprint density at radius 2 is 2.18 bits per heavy atom. The number of ether oxygens (including phenoxy) is 1. The highest BCUT2D eigenvalue weighted by molar-refractivity contribution is 6.16. The molecule has 3 N–H and O–H groups in total. The fourth-order valence-corrected chi connectivity index (χ4v) is 3.24. The number of aliphatic imine (C=N–C) groups is 1. The molecule has 0 saturated heterocycles. The van der Waals surface area contributed by atoms with Gasteiger partial charge in [0.25, 0.3) is 5.84 Å². The van der Waals surface area contributed by atoms with Gasteiger partial charge < -0.3 is 19.9 Å². The van der Waals surface area contributed by atoms with Crippen LogP contribution in [0.1, 0.15) is 18.2 Å². The minimum atomic E-state index is -0.539. The summed E-state index contributed by atoms with van der Waals surface area (Å²) in [5, 5.41) is 13.4. The van der Waals surface area contributed by atoms with Crippen LogP contribution < -0.4 is 9.80 Å². The van der Waals surface area contributed by atoms with E-state index in [1.165, 1.54) is 6.20 Å². The van der Waals surface area contributed by atoms with E-state index in [1.807, 2.05) is 36.4 Å². The first-order chi connectivity index (χ1) is 13.2. The molecule has 2 aliphatic rings. The van der Waals surface area contributed by atoms with Crippen molar-refractivity contribution >= 4 is 29.3 Å². The van der Waals surface area contributed by atoms with E-state index in [9.17, 15) is 10.1 Å². The second-order valence-electron chi connectivity index (χ2n) is 6.04. The number of amidine groups is 1. The van der Waals surface area contributed by atoms with Gasteiger partial charge >= 0.3 is 12.2 Å². The number of rotatable bonds is 5. The molecule has 142 valence electrons. The molecule has 0 spiro atoms. The number of hydrogen-bond donors (Lipinski definition) is 1. The van der Waals surface area contributed by atoms with Gasteiger partial charge in [-0.05, 0) is 37.3 Å². The fourth-order valence-electron chi connectivity index (χ4n) is 3.24. The predicted octanol–water partition coefficient (Wildman–Crippen LogP) is 2.70. The van der Waals surface area contributed by atoms with Crippen molar-refractivity contribution in [1.29, 1.82) is 5.26 Å². The standard InChI is InChI=1S/C20H17N4O3.H2O/c1-2-26-20(25)17-12-24(13-21)18(23-17)9-8-14-5-3-7-16(19(14)24)22-11-15-6-4-10-27-15;/h3-10,12,22H,2,11H2,1H3;1H2/q+1;. The zero-order chi connectivity index (χ0) is 18.9. The number of nitrogens with one attached hydrogen (secondary N) is 1. The third kappa shape index (κ3) is 2.99. The number of quaternary nitrogens is 1. The summed E-state index contributed by atoms with van der Waals surface area (Å²) in [6.45, 7) is 2.45. The van der Waals surface area contributed by atoms with Crippen molar-refractivity contribution in [2.75, 3.05) is 11.9 Å². The van der Waals surface area contributed by atoms with E-state index in [-0.39, 0.29) is 22.3 Å². The van der Waals surface area contributed by atoms with Gasteiger partial charge in [0.1, 0.15) is 5.76 Å². The smallest absolute Gasteiger partial charge is 0.362 e. The SMILES string of the molecule is CCOC(=O)C1=C[N+]2(C#N)C(=N1)C=Cc1cccc(NCc3ccco3)c12.O. The zero-order valence-electron chi connectivity index (χ0n) is 15.2. The maximum atomic E-state index is 12.2. The molecule has 0 fully saturated rings. The number of hydrogen-bond acceptors (Lipinski definition) is 6. The lowest BCUT2D eigenvalue weighted by Crippen LogP contribution is -2.44. The van der Waals surface area contributed by atoms with Crippen LogP contribution in [-0.2, 0) is 16.1 Å². The summed E-state index contributed by atoms with van der Waals surface area (Å²) >= 11 is 0. The van der Waals surface area contributed by atoms with Gasteiger partial charge in [0, 0.05) is 11.6 Å². The first-order valence-electron chi connectivity index (χ1n) is 8.55. The molecular weight excluding hydrogens is 360 g/mol. The van der Waals surface area contributed by atoms with Crippen molar-refractivity contribution in [3.8, 4) is 6.19 Å². The lowest BCUT2D eigenvalue weighted by Gasteiger charge is -2.27. The van der Waals surface area contributed by atoms with Crippen molar-refractivity contribution < 1.29 is 19.4 Å². The number of nitrogens with zero attached hydrogens (tertiary/aromatic N) is 3. The Labute approximate surface area is 161 Å². The van der Waals surface area contributed by atoms with Gasteiger partial charge in [-0.1, -0.05) is 6.07 Å². The molecule has 0 radical (unpaired) electrons. The zero-order valence-corrected chi connectivity index (χ0v) is 15.2. The van der Waals surface area contributed by atoms with Gasteiger partial charge in [-0.15, -0.1) is 9.74 Å². The maximum absolute atomic E-state index is 12.2. The summed E-state index contributed by atoms with van der Waals surface area (Å²) in [5.74, 6) is 0.698. The van der Waals surface area contributed by atoms with E-state index >= 15 is 0 Å². The van der Waals surface area contributed by atoms with E-state index in [0.29, 0.717) is 18.1 Å². The Kier molecular flexibility index (Phi) is 5.13. The minimum absolute atomic E-state index is 0. The molecule has 1 aromatic carbocycles. The highest BCUT2D eigenvalue weighted by atomic mass is 16.5. The molecule has 0 amide bonds. The topological polar surface area (TPSA) is 119 Å². The molecule has 0 saturated carbocycles. The first-order valence-corrected chi connectivity index (χ1v) is 8.55. The van der Waals surface area contributed by atoms with E-state index in [4.69, 9.17) is 9.15 Å². The first kappa shape index (κ1) is 19.1. The van der Waals surface area contributed by atoms with Gasteiger partial charge in [-0.25, -0.2) is 4.79 Å². The number of carbonyl (C=O) groups is 1. The average molecular weight is 379 g/mol. The number of carbonyl (C=O) groups excluding carboxylic acids is 1. The molecule has 1 aromatic heterocycles. The molecule has 1 unspecified atom stereocenters. The van der Waals surface area contributed by atoms with Crippen molar-refractivity contribution in [3.05, 3.63) is 65.9 Å². The monoisotopic (exact) mass is 379 g/mol. The number of benzene rings is 1. The number of fused-ring (bicyclic) bond motifs is 3. The van der Waals surface area contributed by atoms with Crippen LogP contribution in [0.4, 0.5) is 11.4 Å². The molecule has 0 bridgehead atoms. The second-order valence-corrected chi connectivity index (χ2v) is 6.04. The lowest BCUT2D eigenvalue weighted by molar-refractivity contribution is -0.138. The number of anilines is 1. The van der Waals surface area contributed by atoms with Gasteiger partial charge in [-0.2, -0.15) is 4.99 Å². The molecule has 2 aliphatic heterocycles. The molecule has 1 atom stereocenters. The Morgan fingerprint density at radius 3 is 2.89 bits per heavy atom. The molecule has 4 rings (SSSR count). The van der Waals surface area contributed by atoms with Crippen LogP contribution in [0, 0.1) is 11.5 Å². The van der Waals surface area contributed by atoms with E-state index in [2.05, 4.69) is 16.5 Å². The lowest BCUT2D eigenvalue weighted by atomic mass is 10.0. The van der Waals surface area contributed by atoms with Crippen molar-refractivity contribution in [3.63, 3.8) is 0 Å². The summed E-state index contributed by atoms with van der Waals surface area (Å²) in [6, 6.07) is 9.43. The molecule has 0 aliphatic carbocycles. The van der Waals surface area contributed by atoms with Gasteiger partial charge in [0.15, 0.2) is 11.9 Å². The molecule has 8 heteroatoms. The van der Waals surface area contributed by atoms with Gasteiger partial charge in [-0.3, -0.25) is 0 Å². The normalized spacial score (nSPS) is 18.7. The van der Waals surface area contributed by atoms with Gasteiger partial charge in [0.05, 0.1) is 25.1 Å². The molecule has 28 heavy (non-hydrogen) atoms. The van der Waals surface area contributed by atoms with E-state index in [0.717, 1.165) is 17.0 Å². The Bertz CT molecular complexity index is 1030. The largest absolute Gasteiger partial charge is 0.467 e. The molecule has 2 aromatic rings. The van der Waals surface area contributed by atoms with Crippen LogP contribution >= 0.6 is 0 Å². The van der Waals surface area contributed by atoms with Crippen LogP contribution in [0.15, 0.2) is 64.0 Å². The number of para-hydroxylation sites is 1. The fraction of sp³-hybridized carbons (Fsp3) is 0.150. The van der Waals surface area contributed by atoms with Crippen molar-refractivity contribution in [2.24, 2.45) is 4.99 Å². The van der Waals surface area contributed by atoms with Crippen LogP contribution in [0.25, 0.3) is 6.08 Å². The minimum Gasteiger partial charge on any atom is -0.467 e. The Balaban J connectivity index is 0.00000225. The van der Waals surface area contributed by atoms with E-state index in [1.54, 1.807) is 19.3 Å².